The second kappa shape index (κ2) is 6.70. The first-order chi connectivity index (χ1) is 10.7. The van der Waals surface area contributed by atoms with Crippen LogP contribution in [0.15, 0.2) is 24.3 Å². The Morgan fingerprint density at radius 1 is 0.875 bits per heavy atom. The molecule has 0 saturated heterocycles. The first kappa shape index (κ1) is 19.8. The van der Waals surface area contributed by atoms with Crippen molar-refractivity contribution in [2.45, 2.75) is 51.8 Å². The van der Waals surface area contributed by atoms with Crippen LogP contribution >= 0.6 is 0 Å². The largest absolute Gasteiger partial charge is 0.443 e. The quantitative estimate of drug-likeness (QED) is 0.805. The molecule has 0 unspecified atom stereocenters. The fraction of sp³-hybridized carbons (Fsp3) is 0.500. The number of amides is 2. The minimum atomic E-state index is -4.44. The number of benzene rings is 1. The van der Waals surface area contributed by atoms with Crippen molar-refractivity contribution in [3.63, 3.8) is 0 Å². The van der Waals surface area contributed by atoms with Gasteiger partial charge in [-0.05, 0) is 52.3 Å². The maximum absolute atomic E-state index is 12.6. The summed E-state index contributed by atoms with van der Waals surface area (Å²) in [7, 11) is 0. The lowest BCUT2D eigenvalue weighted by molar-refractivity contribution is -0.137. The first-order valence-corrected chi connectivity index (χ1v) is 7.20. The molecule has 0 saturated carbocycles. The molecule has 0 aliphatic carbocycles. The van der Waals surface area contributed by atoms with E-state index < -0.39 is 34.8 Å². The topological polar surface area (TPSA) is 67.4 Å². The van der Waals surface area contributed by atoms with Crippen molar-refractivity contribution in [2.24, 2.45) is 0 Å². The minimum Gasteiger partial charge on any atom is -0.443 e. The Kier molecular flexibility index (Phi) is 5.53. The van der Waals surface area contributed by atoms with Crippen LogP contribution in [-0.4, -0.2) is 17.6 Å². The van der Waals surface area contributed by atoms with Crippen LogP contribution in [0.25, 0.3) is 0 Å². The Morgan fingerprint density at radius 3 is 1.75 bits per heavy atom. The predicted molar refractivity (Wildman–Crippen MR) is 82.0 cm³/mol. The van der Waals surface area contributed by atoms with Gasteiger partial charge >= 0.3 is 12.3 Å². The molecule has 0 aromatic heterocycles. The van der Waals surface area contributed by atoms with E-state index in [1.807, 2.05) is 0 Å². The number of alkyl halides is 3. The lowest BCUT2D eigenvalue weighted by Gasteiger charge is -2.25. The van der Waals surface area contributed by atoms with E-state index in [4.69, 9.17) is 4.74 Å². The third kappa shape index (κ3) is 5.43. The van der Waals surface area contributed by atoms with Crippen LogP contribution in [0.3, 0.4) is 0 Å². The summed E-state index contributed by atoms with van der Waals surface area (Å²) >= 11 is 0. The highest BCUT2D eigenvalue weighted by Crippen LogP contribution is 2.31. The van der Waals surface area contributed by atoms with E-state index >= 15 is 0 Å². The fourth-order valence-electron chi connectivity index (χ4n) is 1.77. The zero-order chi connectivity index (χ0) is 18.8. The molecule has 2 amide bonds. The fourth-order valence-corrected chi connectivity index (χ4v) is 1.77. The molecule has 0 fully saturated rings. The molecule has 2 N–H and O–H groups in total. The molecule has 0 spiro atoms. The van der Waals surface area contributed by atoms with Crippen molar-refractivity contribution in [1.82, 2.24) is 10.9 Å². The van der Waals surface area contributed by atoms with Crippen LogP contribution in [0.1, 0.15) is 45.7 Å². The SMILES string of the molecule is CC(C)(C)OC(=O)NNC(=O)C(C)(C)c1ccc(C(F)(F)F)cc1. The average molecular weight is 346 g/mol. The molecular formula is C16H21F3N2O3. The van der Waals surface area contributed by atoms with Gasteiger partial charge in [-0.25, -0.2) is 10.2 Å². The first-order valence-electron chi connectivity index (χ1n) is 7.20. The summed E-state index contributed by atoms with van der Waals surface area (Å²) in [6.07, 6.45) is -5.28. The number of halogens is 3. The van der Waals surface area contributed by atoms with E-state index in [1.165, 1.54) is 26.0 Å². The van der Waals surface area contributed by atoms with Gasteiger partial charge in [-0.1, -0.05) is 12.1 Å². The number of nitrogens with one attached hydrogen (secondary N) is 2. The Balaban J connectivity index is 2.77. The Labute approximate surface area is 138 Å². The highest BCUT2D eigenvalue weighted by molar-refractivity contribution is 5.88. The molecule has 5 nitrogen and oxygen atoms in total. The zero-order valence-electron chi connectivity index (χ0n) is 14.2. The highest BCUT2D eigenvalue weighted by atomic mass is 19.4. The van der Waals surface area contributed by atoms with Crippen LogP contribution < -0.4 is 10.9 Å². The Hall–Kier alpha value is -2.25. The maximum atomic E-state index is 12.6. The van der Waals surface area contributed by atoms with Crippen LogP contribution in [0.5, 0.6) is 0 Å². The summed E-state index contributed by atoms with van der Waals surface area (Å²) in [6, 6.07) is 4.28. The van der Waals surface area contributed by atoms with Crippen LogP contribution in [-0.2, 0) is 21.1 Å². The Bertz CT molecular complexity index is 602. The maximum Gasteiger partial charge on any atom is 0.426 e. The molecule has 1 aromatic rings. The molecule has 0 bridgehead atoms. The monoisotopic (exact) mass is 346 g/mol. The van der Waals surface area contributed by atoms with Gasteiger partial charge in [-0.3, -0.25) is 10.2 Å². The van der Waals surface area contributed by atoms with Crippen molar-refractivity contribution >= 4 is 12.0 Å². The molecule has 8 heteroatoms. The molecule has 1 aromatic carbocycles. The number of hydrazine groups is 1. The summed E-state index contributed by atoms with van der Waals surface area (Å²) < 4.78 is 42.7. The third-order valence-electron chi connectivity index (χ3n) is 3.18. The summed E-state index contributed by atoms with van der Waals surface area (Å²) in [6.45, 7) is 8.06. The van der Waals surface area contributed by atoms with Crippen molar-refractivity contribution in [3.8, 4) is 0 Å². The van der Waals surface area contributed by atoms with Crippen molar-refractivity contribution < 1.29 is 27.5 Å². The van der Waals surface area contributed by atoms with Crippen molar-refractivity contribution in [3.05, 3.63) is 35.4 Å². The summed E-state index contributed by atoms with van der Waals surface area (Å²) in [4.78, 5) is 23.7. The second-order valence-electron chi connectivity index (χ2n) is 6.78. The molecule has 0 aliphatic rings. The third-order valence-corrected chi connectivity index (χ3v) is 3.18. The van der Waals surface area contributed by atoms with E-state index in [0.717, 1.165) is 12.1 Å². The lowest BCUT2D eigenvalue weighted by Crippen LogP contribution is -2.50. The van der Waals surface area contributed by atoms with Gasteiger partial charge in [0.1, 0.15) is 5.60 Å². The zero-order valence-corrected chi connectivity index (χ0v) is 14.2. The van der Waals surface area contributed by atoms with Gasteiger partial charge in [0.15, 0.2) is 0 Å². The molecule has 0 heterocycles. The van der Waals surface area contributed by atoms with Gasteiger partial charge in [0.25, 0.3) is 0 Å². The number of hydrogen-bond donors (Lipinski definition) is 2. The number of carbonyl (C=O) groups is 2. The number of carbonyl (C=O) groups excluding carboxylic acids is 2. The van der Waals surface area contributed by atoms with E-state index in [0.29, 0.717) is 5.56 Å². The van der Waals surface area contributed by atoms with Gasteiger partial charge < -0.3 is 4.74 Å². The number of hydrogen-bond acceptors (Lipinski definition) is 3. The minimum absolute atomic E-state index is 0.374. The molecule has 0 aliphatic heterocycles. The van der Waals surface area contributed by atoms with Gasteiger partial charge in [-0.15, -0.1) is 0 Å². The van der Waals surface area contributed by atoms with Gasteiger partial charge in [-0.2, -0.15) is 13.2 Å². The van der Waals surface area contributed by atoms with Gasteiger partial charge in [0.05, 0.1) is 11.0 Å². The number of ether oxygens (including phenoxy) is 1. The van der Waals surface area contributed by atoms with E-state index in [-0.39, 0.29) is 0 Å². The molecule has 0 radical (unpaired) electrons. The lowest BCUT2D eigenvalue weighted by atomic mass is 9.83. The molecule has 0 atom stereocenters. The Morgan fingerprint density at radius 2 is 1.33 bits per heavy atom. The second-order valence-corrected chi connectivity index (χ2v) is 6.78. The standard InChI is InChI=1S/C16H21F3N2O3/c1-14(2,3)24-13(23)21-20-12(22)15(4,5)10-6-8-11(9-7-10)16(17,18)19/h6-9H,1-5H3,(H,20,22)(H,21,23). The predicted octanol–water partition coefficient (Wildman–Crippen LogP) is 3.54. The summed E-state index contributed by atoms with van der Waals surface area (Å²) in [5.41, 5.74) is 2.01. The van der Waals surface area contributed by atoms with E-state index in [9.17, 15) is 22.8 Å². The van der Waals surface area contributed by atoms with Crippen molar-refractivity contribution in [1.29, 1.82) is 0 Å². The van der Waals surface area contributed by atoms with Crippen molar-refractivity contribution in [2.75, 3.05) is 0 Å². The normalized spacial score (nSPS) is 12.5. The summed E-state index contributed by atoms with van der Waals surface area (Å²) in [5.74, 6) is -0.590. The molecular weight excluding hydrogens is 325 g/mol. The van der Waals surface area contributed by atoms with Crippen LogP contribution in [0.2, 0.25) is 0 Å². The van der Waals surface area contributed by atoms with Gasteiger partial charge in [0, 0.05) is 0 Å². The van der Waals surface area contributed by atoms with Crippen LogP contribution in [0, 0.1) is 0 Å². The smallest absolute Gasteiger partial charge is 0.426 e. The number of rotatable bonds is 2. The highest BCUT2D eigenvalue weighted by Gasteiger charge is 2.33. The molecule has 134 valence electrons. The molecule has 24 heavy (non-hydrogen) atoms. The van der Waals surface area contributed by atoms with Crippen LogP contribution in [0.4, 0.5) is 18.0 Å². The average Bonchev–Trinajstić information content (AvgIpc) is 2.42. The summed E-state index contributed by atoms with van der Waals surface area (Å²) in [5, 5.41) is 0. The molecule has 1 rings (SSSR count). The van der Waals surface area contributed by atoms with E-state index in [1.54, 1.807) is 20.8 Å². The van der Waals surface area contributed by atoms with E-state index in [2.05, 4.69) is 10.9 Å². The van der Waals surface area contributed by atoms with Gasteiger partial charge in [0.2, 0.25) is 5.91 Å².